The van der Waals surface area contributed by atoms with Gasteiger partial charge in [0, 0.05) is 26.2 Å². The summed E-state index contributed by atoms with van der Waals surface area (Å²) in [7, 11) is 0. The van der Waals surface area contributed by atoms with Gasteiger partial charge < -0.3 is 5.32 Å². The van der Waals surface area contributed by atoms with E-state index < -0.39 is 0 Å². The third-order valence-corrected chi connectivity index (χ3v) is 6.18. The van der Waals surface area contributed by atoms with Gasteiger partial charge in [-0.15, -0.1) is 0 Å². The molecule has 3 aromatic carbocycles. The number of hydrogen-bond donors (Lipinski definition) is 1. The van der Waals surface area contributed by atoms with Crippen LogP contribution in [-0.2, 0) is 4.79 Å². The maximum Gasteiger partial charge on any atom is 0.241 e. The molecule has 0 spiro atoms. The predicted molar refractivity (Wildman–Crippen MR) is 127 cm³/mol. The van der Waals surface area contributed by atoms with Crippen LogP contribution in [0.1, 0.15) is 29.7 Å². The molecule has 3 aromatic rings. The van der Waals surface area contributed by atoms with Crippen molar-refractivity contribution in [1.82, 2.24) is 9.80 Å². The highest BCUT2D eigenvalue weighted by atomic mass is 16.2. The van der Waals surface area contributed by atoms with Gasteiger partial charge >= 0.3 is 0 Å². The molecule has 1 fully saturated rings. The maximum absolute atomic E-state index is 12.9. The van der Waals surface area contributed by atoms with Crippen LogP contribution in [0.5, 0.6) is 0 Å². The molecule has 1 N–H and O–H groups in total. The molecule has 0 bridgehead atoms. The average molecular weight is 425 g/mol. The molecule has 5 nitrogen and oxygen atoms in total. The van der Waals surface area contributed by atoms with Gasteiger partial charge in [0.2, 0.25) is 5.91 Å². The standard InChI is InChI=1S/C27H28N4O/c1-21(27(32)29-25-15-9-8-14-24(25)20-28)30-16-18-31(19-17-30)26(22-10-4-2-5-11-22)23-12-6-3-7-13-23/h2-15,21,26H,16-19H2,1H3,(H,29,32). The first kappa shape index (κ1) is 21.8. The second kappa shape index (κ2) is 10.2. The molecule has 1 aliphatic rings. The second-order valence-electron chi connectivity index (χ2n) is 8.12. The van der Waals surface area contributed by atoms with Crippen LogP contribution in [0.2, 0.25) is 0 Å². The summed E-state index contributed by atoms with van der Waals surface area (Å²) in [4.78, 5) is 17.6. The summed E-state index contributed by atoms with van der Waals surface area (Å²) in [5.41, 5.74) is 3.61. The van der Waals surface area contributed by atoms with Crippen LogP contribution in [0.25, 0.3) is 0 Å². The Bertz CT molecular complexity index is 1030. The zero-order chi connectivity index (χ0) is 22.3. The van der Waals surface area contributed by atoms with Gasteiger partial charge in [-0.1, -0.05) is 72.8 Å². The maximum atomic E-state index is 12.9. The number of carbonyl (C=O) groups excluding carboxylic acids is 1. The van der Waals surface area contributed by atoms with Crippen molar-refractivity contribution < 1.29 is 4.79 Å². The number of benzene rings is 3. The lowest BCUT2D eigenvalue weighted by Gasteiger charge is -2.41. The van der Waals surface area contributed by atoms with Crippen molar-refractivity contribution >= 4 is 11.6 Å². The van der Waals surface area contributed by atoms with E-state index in [9.17, 15) is 10.1 Å². The molecule has 0 saturated carbocycles. The highest BCUT2D eigenvalue weighted by molar-refractivity contribution is 5.95. The molecule has 1 saturated heterocycles. The monoisotopic (exact) mass is 424 g/mol. The van der Waals surface area contributed by atoms with E-state index in [0.717, 1.165) is 26.2 Å². The van der Waals surface area contributed by atoms with Gasteiger partial charge in [-0.25, -0.2) is 0 Å². The Morgan fingerprint density at radius 1 is 0.812 bits per heavy atom. The quantitative estimate of drug-likeness (QED) is 0.641. The van der Waals surface area contributed by atoms with Gasteiger partial charge in [-0.05, 0) is 30.2 Å². The third-order valence-electron chi connectivity index (χ3n) is 6.18. The van der Waals surface area contributed by atoms with Crippen molar-refractivity contribution in [1.29, 1.82) is 5.26 Å². The number of hydrogen-bond acceptors (Lipinski definition) is 4. The van der Waals surface area contributed by atoms with E-state index in [4.69, 9.17) is 0 Å². The van der Waals surface area contributed by atoms with E-state index in [1.807, 2.05) is 25.1 Å². The lowest BCUT2D eigenvalue weighted by atomic mass is 9.96. The number of nitrogens with one attached hydrogen (secondary N) is 1. The molecule has 32 heavy (non-hydrogen) atoms. The molecular weight excluding hydrogens is 396 g/mol. The highest BCUT2D eigenvalue weighted by Gasteiger charge is 2.30. The first-order chi connectivity index (χ1) is 15.7. The summed E-state index contributed by atoms with van der Waals surface area (Å²) in [6, 6.07) is 30.4. The van der Waals surface area contributed by atoms with Crippen LogP contribution in [0.3, 0.4) is 0 Å². The Balaban J connectivity index is 1.43. The molecule has 0 radical (unpaired) electrons. The smallest absolute Gasteiger partial charge is 0.241 e. The van der Waals surface area contributed by atoms with Gasteiger partial charge in [0.15, 0.2) is 0 Å². The minimum absolute atomic E-state index is 0.0798. The first-order valence-electron chi connectivity index (χ1n) is 11.1. The molecule has 1 heterocycles. The molecule has 1 unspecified atom stereocenters. The summed E-state index contributed by atoms with van der Waals surface area (Å²) in [5.74, 6) is -0.0798. The summed E-state index contributed by atoms with van der Waals surface area (Å²) >= 11 is 0. The van der Waals surface area contributed by atoms with E-state index in [-0.39, 0.29) is 18.0 Å². The van der Waals surface area contributed by atoms with Gasteiger partial charge in [-0.2, -0.15) is 5.26 Å². The zero-order valence-electron chi connectivity index (χ0n) is 18.3. The van der Waals surface area contributed by atoms with Crippen LogP contribution >= 0.6 is 0 Å². The van der Waals surface area contributed by atoms with E-state index in [1.54, 1.807) is 18.2 Å². The van der Waals surface area contributed by atoms with Gasteiger partial charge in [0.05, 0.1) is 23.3 Å². The normalized spacial score (nSPS) is 15.8. The number of anilines is 1. The van der Waals surface area contributed by atoms with E-state index in [1.165, 1.54) is 11.1 Å². The second-order valence-corrected chi connectivity index (χ2v) is 8.12. The number of rotatable bonds is 6. The average Bonchev–Trinajstić information content (AvgIpc) is 2.86. The van der Waals surface area contributed by atoms with Gasteiger partial charge in [0.1, 0.15) is 6.07 Å². The van der Waals surface area contributed by atoms with E-state index in [0.29, 0.717) is 11.3 Å². The number of nitriles is 1. The minimum atomic E-state index is -0.268. The van der Waals surface area contributed by atoms with E-state index >= 15 is 0 Å². The number of nitrogens with zero attached hydrogens (tertiary/aromatic N) is 3. The molecule has 4 rings (SSSR count). The van der Waals surface area contributed by atoms with Crippen LogP contribution in [0, 0.1) is 11.3 Å². The minimum Gasteiger partial charge on any atom is -0.324 e. The largest absolute Gasteiger partial charge is 0.324 e. The molecule has 1 aliphatic heterocycles. The highest BCUT2D eigenvalue weighted by Crippen LogP contribution is 2.29. The lowest BCUT2D eigenvalue weighted by molar-refractivity contribution is -0.121. The fraction of sp³-hybridized carbons (Fsp3) is 0.259. The predicted octanol–water partition coefficient (Wildman–Crippen LogP) is 4.29. The molecule has 162 valence electrons. The molecule has 1 atom stereocenters. The number of carbonyl (C=O) groups is 1. The van der Waals surface area contributed by atoms with Crippen LogP contribution < -0.4 is 5.32 Å². The van der Waals surface area contributed by atoms with Crippen molar-refractivity contribution in [2.45, 2.75) is 19.0 Å². The fourth-order valence-electron chi connectivity index (χ4n) is 4.36. The Hall–Kier alpha value is -3.46. The Labute approximate surface area is 189 Å². The van der Waals surface area contributed by atoms with Crippen LogP contribution in [0.4, 0.5) is 5.69 Å². The number of piperazine rings is 1. The molecule has 0 aromatic heterocycles. The van der Waals surface area contributed by atoms with Crippen molar-refractivity contribution in [3.8, 4) is 6.07 Å². The summed E-state index contributed by atoms with van der Waals surface area (Å²) in [5, 5.41) is 12.2. The van der Waals surface area contributed by atoms with Crippen molar-refractivity contribution in [3.63, 3.8) is 0 Å². The van der Waals surface area contributed by atoms with Gasteiger partial charge in [-0.3, -0.25) is 14.6 Å². The van der Waals surface area contributed by atoms with Crippen LogP contribution in [0.15, 0.2) is 84.9 Å². The molecule has 1 amide bonds. The summed E-state index contributed by atoms with van der Waals surface area (Å²) < 4.78 is 0. The fourth-order valence-corrected chi connectivity index (χ4v) is 4.36. The number of amides is 1. The van der Waals surface area contributed by atoms with Crippen molar-refractivity contribution in [2.75, 3.05) is 31.5 Å². The topological polar surface area (TPSA) is 59.4 Å². The van der Waals surface area contributed by atoms with Crippen molar-refractivity contribution in [3.05, 3.63) is 102 Å². The SMILES string of the molecule is CC(C(=O)Nc1ccccc1C#N)N1CCN(C(c2ccccc2)c2ccccc2)CC1. The lowest BCUT2D eigenvalue weighted by Crippen LogP contribution is -2.53. The molecular formula is C27H28N4O. The van der Waals surface area contributed by atoms with Crippen molar-refractivity contribution in [2.24, 2.45) is 0 Å². The molecule has 5 heteroatoms. The molecule has 0 aliphatic carbocycles. The Morgan fingerprint density at radius 3 is 1.88 bits per heavy atom. The summed E-state index contributed by atoms with van der Waals surface area (Å²) in [6.07, 6.45) is 0. The zero-order valence-corrected chi connectivity index (χ0v) is 18.3. The van der Waals surface area contributed by atoms with Gasteiger partial charge in [0.25, 0.3) is 0 Å². The Morgan fingerprint density at radius 2 is 1.31 bits per heavy atom. The third kappa shape index (κ3) is 4.88. The van der Waals surface area contributed by atoms with Crippen LogP contribution in [-0.4, -0.2) is 47.9 Å². The van der Waals surface area contributed by atoms with E-state index in [2.05, 4.69) is 69.7 Å². The summed E-state index contributed by atoms with van der Waals surface area (Å²) in [6.45, 7) is 5.31. The number of para-hydroxylation sites is 1. The Kier molecular flexibility index (Phi) is 6.96. The first-order valence-corrected chi connectivity index (χ1v) is 11.1.